The van der Waals surface area contributed by atoms with E-state index in [2.05, 4.69) is 13.8 Å². The number of ether oxygens (including phenoxy) is 2. The Morgan fingerprint density at radius 3 is 1.26 bits per heavy atom. The molecule has 0 atom stereocenters. The van der Waals surface area contributed by atoms with Crippen molar-refractivity contribution in [2.75, 3.05) is 0 Å². The van der Waals surface area contributed by atoms with Crippen molar-refractivity contribution in [3.63, 3.8) is 0 Å². The minimum Gasteiger partial charge on any atom is -0.423 e. The second-order valence-corrected chi connectivity index (χ2v) is 13.1. The second kappa shape index (κ2) is 19.3. The van der Waals surface area contributed by atoms with E-state index in [1.807, 2.05) is 0 Å². The predicted molar refractivity (Wildman–Crippen MR) is 165 cm³/mol. The molecule has 2 aliphatic carbocycles. The van der Waals surface area contributed by atoms with Gasteiger partial charge in [-0.25, -0.2) is 0 Å². The summed E-state index contributed by atoms with van der Waals surface area (Å²) < 4.78 is 40.2. The molecule has 0 aliphatic heterocycles. The Labute approximate surface area is 253 Å². The smallest absolute Gasteiger partial charge is 0.314 e. The van der Waals surface area contributed by atoms with Gasteiger partial charge < -0.3 is 9.47 Å². The molecular formula is C36H56F2O4. The molecule has 2 fully saturated rings. The van der Waals surface area contributed by atoms with Crippen LogP contribution in [0.15, 0.2) is 12.1 Å². The fourth-order valence-corrected chi connectivity index (χ4v) is 6.86. The van der Waals surface area contributed by atoms with Crippen LogP contribution in [0.2, 0.25) is 0 Å². The molecule has 2 saturated carbocycles. The van der Waals surface area contributed by atoms with Gasteiger partial charge in [0.05, 0.1) is 11.8 Å². The summed E-state index contributed by atoms with van der Waals surface area (Å²) in [7, 11) is 0. The highest BCUT2D eigenvalue weighted by Gasteiger charge is 2.31. The second-order valence-electron chi connectivity index (χ2n) is 13.1. The maximum absolute atomic E-state index is 14.8. The van der Waals surface area contributed by atoms with Crippen LogP contribution >= 0.6 is 0 Å². The van der Waals surface area contributed by atoms with E-state index in [4.69, 9.17) is 9.47 Å². The van der Waals surface area contributed by atoms with Crippen LogP contribution in [0.1, 0.15) is 155 Å². The van der Waals surface area contributed by atoms with E-state index in [0.717, 1.165) is 51.4 Å². The van der Waals surface area contributed by atoms with Gasteiger partial charge in [0.15, 0.2) is 11.5 Å². The Hall–Kier alpha value is -1.98. The average Bonchev–Trinajstić information content (AvgIpc) is 3.01. The number of esters is 2. The highest BCUT2D eigenvalue weighted by atomic mass is 19.2. The first-order valence-corrected chi connectivity index (χ1v) is 17.3. The fourth-order valence-electron chi connectivity index (χ4n) is 6.86. The standard InChI is InChI=1S/C36H56F2O4/c1-3-5-7-9-11-13-15-27-17-21-29(22-18-27)35(39)41-31-25-26-32(34(38)33(31)37)42-36(40)30-23-19-28(20-24-30)16-14-12-10-8-6-4-2/h25-30H,3-24H2,1-2H3. The zero-order valence-electron chi connectivity index (χ0n) is 26.4. The van der Waals surface area contributed by atoms with Gasteiger partial charge in [0.25, 0.3) is 0 Å². The van der Waals surface area contributed by atoms with Crippen LogP contribution in [0, 0.1) is 35.3 Å². The fraction of sp³-hybridized carbons (Fsp3) is 0.778. The molecule has 0 saturated heterocycles. The van der Waals surface area contributed by atoms with Crippen molar-refractivity contribution in [3.8, 4) is 11.5 Å². The molecule has 0 unspecified atom stereocenters. The summed E-state index contributed by atoms with van der Waals surface area (Å²) in [6, 6.07) is 2.39. The largest absolute Gasteiger partial charge is 0.423 e. The van der Waals surface area contributed by atoms with Crippen molar-refractivity contribution in [3.05, 3.63) is 23.8 Å². The van der Waals surface area contributed by atoms with Gasteiger partial charge in [0, 0.05) is 0 Å². The highest BCUT2D eigenvalue weighted by Crippen LogP contribution is 2.36. The Morgan fingerprint density at radius 2 is 0.905 bits per heavy atom. The van der Waals surface area contributed by atoms with Gasteiger partial charge in [-0.3, -0.25) is 9.59 Å². The number of rotatable bonds is 18. The summed E-state index contributed by atoms with van der Waals surface area (Å²) in [5.74, 6) is -3.77. The van der Waals surface area contributed by atoms with E-state index in [1.165, 1.54) is 102 Å². The summed E-state index contributed by atoms with van der Waals surface area (Å²) in [5, 5.41) is 0. The van der Waals surface area contributed by atoms with E-state index in [1.54, 1.807) is 0 Å². The Bertz CT molecular complexity index is 858. The van der Waals surface area contributed by atoms with Crippen LogP contribution in [0.5, 0.6) is 11.5 Å². The van der Waals surface area contributed by atoms with Crippen molar-refractivity contribution < 1.29 is 27.8 Å². The maximum Gasteiger partial charge on any atom is 0.314 e. The van der Waals surface area contributed by atoms with Crippen LogP contribution < -0.4 is 9.47 Å². The van der Waals surface area contributed by atoms with Gasteiger partial charge in [-0.2, -0.15) is 8.78 Å². The van der Waals surface area contributed by atoms with Crippen LogP contribution in [0.3, 0.4) is 0 Å². The molecule has 0 bridgehead atoms. The lowest BCUT2D eigenvalue weighted by molar-refractivity contribution is -0.141. The van der Waals surface area contributed by atoms with Gasteiger partial charge in [0.2, 0.25) is 11.6 Å². The molecule has 0 amide bonds. The molecule has 42 heavy (non-hydrogen) atoms. The summed E-state index contributed by atoms with van der Waals surface area (Å²) >= 11 is 0. The molecule has 0 N–H and O–H groups in total. The lowest BCUT2D eigenvalue weighted by Gasteiger charge is -2.27. The Balaban J connectivity index is 1.37. The van der Waals surface area contributed by atoms with Crippen LogP contribution in [0.25, 0.3) is 0 Å². The summed E-state index contributed by atoms with van der Waals surface area (Å²) in [6.07, 6.45) is 24.6. The molecule has 0 spiro atoms. The lowest BCUT2D eigenvalue weighted by Crippen LogP contribution is -2.27. The Kier molecular flexibility index (Phi) is 15.9. The molecule has 0 radical (unpaired) electrons. The van der Waals surface area contributed by atoms with Crippen LogP contribution in [-0.4, -0.2) is 11.9 Å². The number of hydrogen-bond donors (Lipinski definition) is 0. The normalized spacial score (nSPS) is 22.6. The molecule has 2 aliphatic rings. The number of carbonyl (C=O) groups excluding carboxylic acids is 2. The number of unbranched alkanes of at least 4 members (excludes halogenated alkanes) is 10. The van der Waals surface area contributed by atoms with Gasteiger partial charge in [-0.05, 0) is 75.3 Å². The first-order valence-electron chi connectivity index (χ1n) is 17.3. The third-order valence-corrected chi connectivity index (χ3v) is 9.72. The summed E-state index contributed by atoms with van der Waals surface area (Å²) in [5.41, 5.74) is 0. The molecule has 3 rings (SSSR count). The van der Waals surface area contributed by atoms with Crippen LogP contribution in [0.4, 0.5) is 8.78 Å². The van der Waals surface area contributed by atoms with E-state index < -0.39 is 35.1 Å². The first-order chi connectivity index (χ1) is 20.4. The van der Waals surface area contributed by atoms with Gasteiger partial charge >= 0.3 is 11.9 Å². The lowest BCUT2D eigenvalue weighted by atomic mass is 9.79. The van der Waals surface area contributed by atoms with Gasteiger partial charge in [-0.15, -0.1) is 0 Å². The molecule has 0 aromatic heterocycles. The quantitative estimate of drug-likeness (QED) is 0.0969. The minimum absolute atomic E-state index is 0.290. The molecule has 1 aromatic carbocycles. The third-order valence-electron chi connectivity index (χ3n) is 9.72. The molecule has 6 heteroatoms. The van der Waals surface area contributed by atoms with Crippen molar-refractivity contribution in [1.82, 2.24) is 0 Å². The molecule has 1 aromatic rings. The SMILES string of the molecule is CCCCCCCCC1CCC(C(=O)Oc2ccc(OC(=O)C3CCC(CCCCCCCC)CC3)c(F)c2F)CC1. The molecule has 238 valence electrons. The molecular weight excluding hydrogens is 534 g/mol. The molecule has 4 nitrogen and oxygen atoms in total. The average molecular weight is 591 g/mol. The minimum atomic E-state index is -1.28. The van der Waals surface area contributed by atoms with E-state index >= 15 is 0 Å². The first kappa shape index (κ1) is 34.5. The van der Waals surface area contributed by atoms with E-state index in [0.29, 0.717) is 11.8 Å². The predicted octanol–water partition coefficient (Wildman–Crippen LogP) is 10.9. The maximum atomic E-state index is 14.8. The monoisotopic (exact) mass is 590 g/mol. The zero-order valence-corrected chi connectivity index (χ0v) is 26.4. The number of hydrogen-bond acceptors (Lipinski definition) is 4. The van der Waals surface area contributed by atoms with Crippen molar-refractivity contribution in [2.45, 2.75) is 155 Å². The van der Waals surface area contributed by atoms with Crippen LogP contribution in [-0.2, 0) is 9.59 Å². The number of benzene rings is 1. The zero-order chi connectivity index (χ0) is 30.2. The number of halogens is 2. The third kappa shape index (κ3) is 11.6. The topological polar surface area (TPSA) is 52.6 Å². The Morgan fingerprint density at radius 1 is 0.571 bits per heavy atom. The van der Waals surface area contributed by atoms with E-state index in [-0.39, 0.29) is 11.8 Å². The number of carbonyl (C=O) groups is 2. The van der Waals surface area contributed by atoms with Crippen molar-refractivity contribution in [2.24, 2.45) is 23.7 Å². The summed E-state index contributed by atoms with van der Waals surface area (Å²) in [6.45, 7) is 4.45. The van der Waals surface area contributed by atoms with Crippen molar-refractivity contribution >= 4 is 11.9 Å². The summed E-state index contributed by atoms with van der Waals surface area (Å²) in [4.78, 5) is 25.4. The van der Waals surface area contributed by atoms with E-state index in [9.17, 15) is 18.4 Å². The molecule has 0 heterocycles. The highest BCUT2D eigenvalue weighted by molar-refractivity contribution is 5.76. The van der Waals surface area contributed by atoms with Gasteiger partial charge in [0.1, 0.15) is 0 Å². The van der Waals surface area contributed by atoms with Crippen molar-refractivity contribution in [1.29, 1.82) is 0 Å². The van der Waals surface area contributed by atoms with Gasteiger partial charge in [-0.1, -0.05) is 104 Å².